The number of pyridine rings is 1. The number of benzene rings is 1. The van der Waals surface area contributed by atoms with Crippen LogP contribution in [0.15, 0.2) is 52.8 Å². The number of tetrazole rings is 1. The second kappa shape index (κ2) is 5.80. The third kappa shape index (κ3) is 2.95. The number of ether oxygens (including phenoxy) is 1. The van der Waals surface area contributed by atoms with Crippen LogP contribution in [-0.4, -0.2) is 37.4 Å². The van der Waals surface area contributed by atoms with Crippen molar-refractivity contribution >= 4 is 11.8 Å². The van der Waals surface area contributed by atoms with Gasteiger partial charge in [-0.3, -0.25) is 0 Å². The summed E-state index contributed by atoms with van der Waals surface area (Å²) >= 11 is 1.34. The minimum Gasteiger partial charge on any atom is -0.508 e. The number of methoxy groups -OCH3 is 1. The van der Waals surface area contributed by atoms with Crippen LogP contribution >= 0.6 is 11.8 Å². The molecule has 2 aromatic heterocycles. The van der Waals surface area contributed by atoms with Gasteiger partial charge in [0.1, 0.15) is 16.5 Å². The van der Waals surface area contributed by atoms with E-state index in [4.69, 9.17) is 4.74 Å². The van der Waals surface area contributed by atoms with Gasteiger partial charge in [-0.15, -0.1) is 5.10 Å². The number of phenols is 1. The van der Waals surface area contributed by atoms with Crippen molar-refractivity contribution in [1.29, 1.82) is 0 Å². The van der Waals surface area contributed by atoms with Crippen molar-refractivity contribution in [1.82, 2.24) is 25.2 Å². The van der Waals surface area contributed by atoms with Crippen LogP contribution in [0.3, 0.4) is 0 Å². The fraction of sp³-hybridized carbons (Fsp3) is 0.0769. The van der Waals surface area contributed by atoms with Crippen molar-refractivity contribution in [2.75, 3.05) is 7.11 Å². The summed E-state index contributed by atoms with van der Waals surface area (Å²) in [5.41, 5.74) is 0.758. The van der Waals surface area contributed by atoms with E-state index in [1.54, 1.807) is 42.3 Å². The molecule has 0 amide bonds. The molecule has 3 rings (SSSR count). The van der Waals surface area contributed by atoms with Gasteiger partial charge in [-0.1, -0.05) is 0 Å². The molecule has 8 heteroatoms. The normalized spacial score (nSPS) is 10.5. The van der Waals surface area contributed by atoms with Crippen molar-refractivity contribution < 1.29 is 9.84 Å². The lowest BCUT2D eigenvalue weighted by Gasteiger charge is -2.04. The average molecular weight is 301 g/mol. The van der Waals surface area contributed by atoms with Gasteiger partial charge in [-0.05, 0) is 58.6 Å². The lowest BCUT2D eigenvalue weighted by Crippen LogP contribution is -1.98. The molecule has 7 nitrogen and oxygen atoms in total. The molecule has 0 aliphatic rings. The van der Waals surface area contributed by atoms with E-state index < -0.39 is 0 Å². The van der Waals surface area contributed by atoms with Gasteiger partial charge < -0.3 is 9.84 Å². The summed E-state index contributed by atoms with van der Waals surface area (Å²) in [5, 5.41) is 22.3. The molecular weight excluding hydrogens is 290 g/mol. The van der Waals surface area contributed by atoms with Crippen LogP contribution in [0.5, 0.6) is 11.5 Å². The summed E-state index contributed by atoms with van der Waals surface area (Å²) < 4.78 is 6.65. The first kappa shape index (κ1) is 13.4. The maximum absolute atomic E-state index is 9.32. The molecule has 0 fully saturated rings. The Hall–Kier alpha value is -2.61. The second-order valence-corrected chi connectivity index (χ2v) is 5.02. The van der Waals surface area contributed by atoms with Gasteiger partial charge >= 0.3 is 0 Å². The molecule has 1 N–H and O–H groups in total. The van der Waals surface area contributed by atoms with E-state index in [0.29, 0.717) is 10.9 Å². The van der Waals surface area contributed by atoms with Crippen molar-refractivity contribution in [2.24, 2.45) is 0 Å². The Morgan fingerprint density at radius 3 is 2.62 bits per heavy atom. The molecule has 106 valence electrons. The Labute approximate surface area is 124 Å². The smallest absolute Gasteiger partial charge is 0.220 e. The van der Waals surface area contributed by atoms with Gasteiger partial charge in [0.05, 0.1) is 19.0 Å². The number of nitrogens with zero attached hydrogens (tertiary/aromatic N) is 5. The van der Waals surface area contributed by atoms with E-state index >= 15 is 0 Å². The molecule has 2 heterocycles. The Morgan fingerprint density at radius 2 is 1.95 bits per heavy atom. The summed E-state index contributed by atoms with van der Waals surface area (Å²) in [7, 11) is 1.59. The first-order valence-corrected chi connectivity index (χ1v) is 6.83. The van der Waals surface area contributed by atoms with Gasteiger partial charge in [0.2, 0.25) is 5.16 Å². The summed E-state index contributed by atoms with van der Waals surface area (Å²) in [5.74, 6) is 0.885. The van der Waals surface area contributed by atoms with Crippen molar-refractivity contribution in [2.45, 2.75) is 10.2 Å². The molecule has 1 aromatic carbocycles. The zero-order valence-electron chi connectivity index (χ0n) is 11.0. The Bertz CT molecular complexity index is 727. The second-order valence-electron chi connectivity index (χ2n) is 4.03. The molecule has 0 unspecified atom stereocenters. The number of rotatable bonds is 4. The fourth-order valence-electron chi connectivity index (χ4n) is 1.64. The zero-order valence-corrected chi connectivity index (χ0v) is 11.9. The molecule has 3 aromatic rings. The highest BCUT2D eigenvalue weighted by atomic mass is 32.2. The van der Waals surface area contributed by atoms with Gasteiger partial charge in [-0.25, -0.2) is 4.98 Å². The minimum absolute atomic E-state index is 0.192. The van der Waals surface area contributed by atoms with Crippen LogP contribution in [0, 0.1) is 0 Å². The quantitative estimate of drug-likeness (QED) is 0.787. The lowest BCUT2D eigenvalue weighted by molar-refractivity contribution is 0.412. The molecule has 0 radical (unpaired) electrons. The van der Waals surface area contributed by atoms with Crippen LogP contribution in [0.4, 0.5) is 0 Å². The summed E-state index contributed by atoms with van der Waals surface area (Å²) in [6, 6.07) is 10.3. The van der Waals surface area contributed by atoms with E-state index in [2.05, 4.69) is 20.5 Å². The molecule has 0 saturated heterocycles. The van der Waals surface area contributed by atoms with Crippen LogP contribution in [-0.2, 0) is 0 Å². The number of hydrogen-bond donors (Lipinski definition) is 1. The molecule has 0 saturated carbocycles. The molecule has 21 heavy (non-hydrogen) atoms. The molecular formula is C13H11N5O2S. The van der Waals surface area contributed by atoms with Crippen LogP contribution in [0.2, 0.25) is 0 Å². The average Bonchev–Trinajstić information content (AvgIpc) is 2.97. The monoisotopic (exact) mass is 301 g/mol. The predicted octanol–water partition coefficient (Wildman–Crippen LogP) is 1.92. The lowest BCUT2D eigenvalue weighted by atomic mass is 10.3. The van der Waals surface area contributed by atoms with E-state index in [1.165, 1.54) is 11.8 Å². The van der Waals surface area contributed by atoms with E-state index in [-0.39, 0.29) is 5.75 Å². The van der Waals surface area contributed by atoms with Crippen LogP contribution in [0.25, 0.3) is 5.69 Å². The molecule has 0 bridgehead atoms. The highest BCUT2D eigenvalue weighted by Gasteiger charge is 2.11. The first-order chi connectivity index (χ1) is 10.3. The predicted molar refractivity (Wildman–Crippen MR) is 75.7 cm³/mol. The van der Waals surface area contributed by atoms with Gasteiger partial charge in [0, 0.05) is 0 Å². The van der Waals surface area contributed by atoms with Gasteiger partial charge in [-0.2, -0.15) is 4.68 Å². The van der Waals surface area contributed by atoms with Crippen molar-refractivity contribution in [3.05, 3.63) is 42.6 Å². The first-order valence-electron chi connectivity index (χ1n) is 6.02. The van der Waals surface area contributed by atoms with Gasteiger partial charge in [0.15, 0.2) is 0 Å². The Kier molecular flexibility index (Phi) is 3.69. The number of aromatic hydroxyl groups is 1. The topological polar surface area (TPSA) is 86.0 Å². The summed E-state index contributed by atoms with van der Waals surface area (Å²) in [4.78, 5) is 4.26. The molecule has 0 spiro atoms. The standard InChI is InChI=1S/C13H11N5O2S/c1-20-11-6-7-12(14-8-11)21-13-15-16-17-18(13)9-2-4-10(19)5-3-9/h2-8,19H,1H3. The third-order valence-corrected chi connectivity index (χ3v) is 3.56. The Morgan fingerprint density at radius 1 is 1.14 bits per heavy atom. The number of phenolic OH excluding ortho intramolecular Hbond substituents is 1. The number of hydrogen-bond acceptors (Lipinski definition) is 7. The largest absolute Gasteiger partial charge is 0.508 e. The third-order valence-electron chi connectivity index (χ3n) is 2.68. The van der Waals surface area contributed by atoms with E-state index in [1.807, 2.05) is 12.1 Å². The maximum Gasteiger partial charge on any atom is 0.220 e. The maximum atomic E-state index is 9.32. The fourth-order valence-corrected chi connectivity index (χ4v) is 2.37. The highest BCUT2D eigenvalue weighted by molar-refractivity contribution is 7.99. The molecule has 0 atom stereocenters. The zero-order chi connectivity index (χ0) is 14.7. The highest BCUT2D eigenvalue weighted by Crippen LogP contribution is 2.26. The minimum atomic E-state index is 0.192. The van der Waals surface area contributed by atoms with E-state index in [0.717, 1.165) is 10.7 Å². The molecule has 0 aliphatic carbocycles. The van der Waals surface area contributed by atoms with Crippen molar-refractivity contribution in [3.63, 3.8) is 0 Å². The summed E-state index contributed by atoms with van der Waals surface area (Å²) in [6.07, 6.45) is 1.64. The molecule has 0 aliphatic heterocycles. The van der Waals surface area contributed by atoms with Gasteiger partial charge in [0.25, 0.3) is 0 Å². The van der Waals surface area contributed by atoms with Crippen LogP contribution in [0.1, 0.15) is 0 Å². The van der Waals surface area contributed by atoms with E-state index in [9.17, 15) is 5.11 Å². The van der Waals surface area contributed by atoms with Crippen LogP contribution < -0.4 is 4.74 Å². The van der Waals surface area contributed by atoms with Crippen molar-refractivity contribution in [3.8, 4) is 17.2 Å². The summed E-state index contributed by atoms with van der Waals surface area (Å²) in [6.45, 7) is 0. The number of aromatic nitrogens is 5. The SMILES string of the molecule is COc1ccc(Sc2nnnn2-c2ccc(O)cc2)nc1. The Balaban J connectivity index is 1.86.